The molecule has 1 amide bonds. The number of carbonyl (C=O) groups is 1. The smallest absolute Gasteiger partial charge is 0.239 e. The van der Waals surface area contributed by atoms with Gasteiger partial charge in [0.1, 0.15) is 11.6 Å². The minimum atomic E-state index is -0.688. The molecular weight excluding hydrogens is 262 g/mol. The van der Waals surface area contributed by atoms with E-state index in [9.17, 15) is 13.6 Å². The van der Waals surface area contributed by atoms with E-state index in [-0.39, 0.29) is 24.2 Å². The molecule has 2 rings (SSSR count). The molecule has 1 saturated carbocycles. The van der Waals surface area contributed by atoms with E-state index < -0.39 is 11.6 Å². The van der Waals surface area contributed by atoms with E-state index in [2.05, 4.69) is 10.6 Å². The molecule has 5 heteroatoms. The highest BCUT2D eigenvalue weighted by Crippen LogP contribution is 2.17. The highest BCUT2D eigenvalue weighted by atomic mass is 19.1. The van der Waals surface area contributed by atoms with Crippen molar-refractivity contribution in [2.24, 2.45) is 0 Å². The number of anilines is 1. The van der Waals surface area contributed by atoms with Crippen LogP contribution in [0.25, 0.3) is 0 Å². The van der Waals surface area contributed by atoms with E-state index in [0.717, 1.165) is 37.8 Å². The van der Waals surface area contributed by atoms with Crippen molar-refractivity contribution >= 4 is 11.6 Å². The van der Waals surface area contributed by atoms with Gasteiger partial charge < -0.3 is 10.6 Å². The third-order valence-corrected chi connectivity index (χ3v) is 3.59. The van der Waals surface area contributed by atoms with Crippen molar-refractivity contribution in [3.05, 3.63) is 29.8 Å². The van der Waals surface area contributed by atoms with Crippen molar-refractivity contribution in [3.63, 3.8) is 0 Å². The Bertz CT molecular complexity index is 457. The monoisotopic (exact) mass is 282 g/mol. The number of carbonyl (C=O) groups excluding carboxylic acids is 1. The molecule has 0 bridgehead atoms. The van der Waals surface area contributed by atoms with Gasteiger partial charge in [0.05, 0.1) is 12.2 Å². The fourth-order valence-electron chi connectivity index (χ4n) is 2.51. The van der Waals surface area contributed by atoms with Crippen LogP contribution in [-0.2, 0) is 4.79 Å². The molecule has 0 atom stereocenters. The predicted octanol–water partition coefficient (Wildman–Crippen LogP) is 3.22. The van der Waals surface area contributed by atoms with Crippen molar-refractivity contribution in [1.82, 2.24) is 5.32 Å². The largest absolute Gasteiger partial charge is 0.374 e. The fourth-order valence-corrected chi connectivity index (χ4v) is 2.51. The summed E-state index contributed by atoms with van der Waals surface area (Å²) in [4.78, 5) is 11.8. The zero-order valence-corrected chi connectivity index (χ0v) is 11.4. The molecule has 110 valence electrons. The first-order valence-corrected chi connectivity index (χ1v) is 7.13. The maximum Gasteiger partial charge on any atom is 0.239 e. The Kier molecular flexibility index (Phi) is 5.32. The highest BCUT2D eigenvalue weighted by molar-refractivity contribution is 5.81. The van der Waals surface area contributed by atoms with Crippen LogP contribution in [0, 0.1) is 11.6 Å². The Hall–Kier alpha value is -1.65. The van der Waals surface area contributed by atoms with Crippen LogP contribution in [-0.4, -0.2) is 18.5 Å². The summed E-state index contributed by atoms with van der Waals surface area (Å²) in [6.07, 6.45) is 6.76. The Morgan fingerprint density at radius 1 is 1.15 bits per heavy atom. The summed E-state index contributed by atoms with van der Waals surface area (Å²) in [6, 6.07) is 3.48. The molecule has 20 heavy (non-hydrogen) atoms. The first-order valence-electron chi connectivity index (χ1n) is 7.13. The zero-order chi connectivity index (χ0) is 14.4. The second-order valence-corrected chi connectivity index (χ2v) is 5.23. The molecular formula is C15H20F2N2O. The number of nitrogens with one attached hydrogen (secondary N) is 2. The van der Waals surface area contributed by atoms with Gasteiger partial charge in [0, 0.05) is 12.1 Å². The first kappa shape index (κ1) is 14.8. The van der Waals surface area contributed by atoms with Gasteiger partial charge in [0.2, 0.25) is 5.91 Å². The molecule has 0 aromatic heterocycles. The zero-order valence-electron chi connectivity index (χ0n) is 11.4. The summed E-state index contributed by atoms with van der Waals surface area (Å²) in [5.41, 5.74) is 0.141. The van der Waals surface area contributed by atoms with Gasteiger partial charge in [-0.25, -0.2) is 8.78 Å². The van der Waals surface area contributed by atoms with Crippen molar-refractivity contribution < 1.29 is 13.6 Å². The number of halogens is 2. The number of hydrogen-bond acceptors (Lipinski definition) is 2. The van der Waals surface area contributed by atoms with E-state index in [1.54, 1.807) is 0 Å². The predicted molar refractivity (Wildman–Crippen MR) is 74.5 cm³/mol. The maximum atomic E-state index is 13.4. The lowest BCUT2D eigenvalue weighted by Gasteiger charge is -2.16. The molecule has 0 saturated heterocycles. The fraction of sp³-hybridized carbons (Fsp3) is 0.533. The SMILES string of the molecule is O=C(CNc1ccc(F)cc1F)NC1CCCCCC1. The number of benzene rings is 1. The van der Waals surface area contributed by atoms with Crippen LogP contribution in [0.1, 0.15) is 38.5 Å². The van der Waals surface area contributed by atoms with E-state index in [1.807, 2.05) is 0 Å². The molecule has 3 nitrogen and oxygen atoms in total. The van der Waals surface area contributed by atoms with Gasteiger partial charge >= 0.3 is 0 Å². The van der Waals surface area contributed by atoms with E-state index in [1.165, 1.54) is 18.9 Å². The summed E-state index contributed by atoms with van der Waals surface area (Å²) in [7, 11) is 0. The van der Waals surface area contributed by atoms with Crippen LogP contribution >= 0.6 is 0 Å². The molecule has 1 aliphatic carbocycles. The third-order valence-electron chi connectivity index (χ3n) is 3.59. The molecule has 1 aromatic rings. The number of amides is 1. The van der Waals surface area contributed by atoms with Crippen molar-refractivity contribution in [1.29, 1.82) is 0 Å². The van der Waals surface area contributed by atoms with Crippen molar-refractivity contribution in [2.75, 3.05) is 11.9 Å². The molecule has 0 spiro atoms. The third kappa shape index (κ3) is 4.47. The number of hydrogen-bond donors (Lipinski definition) is 2. The summed E-state index contributed by atoms with van der Waals surface area (Å²) in [5.74, 6) is -1.47. The molecule has 1 aromatic carbocycles. The van der Waals surface area contributed by atoms with E-state index >= 15 is 0 Å². The van der Waals surface area contributed by atoms with Gasteiger partial charge in [0.15, 0.2) is 0 Å². The van der Waals surface area contributed by atoms with Crippen molar-refractivity contribution in [3.8, 4) is 0 Å². The first-order chi connectivity index (χ1) is 9.65. The lowest BCUT2D eigenvalue weighted by Crippen LogP contribution is -2.38. The normalized spacial score (nSPS) is 16.5. The minimum Gasteiger partial charge on any atom is -0.374 e. The molecule has 0 unspecified atom stereocenters. The molecule has 1 fully saturated rings. The topological polar surface area (TPSA) is 41.1 Å². The van der Waals surface area contributed by atoms with Gasteiger partial charge in [-0.2, -0.15) is 0 Å². The van der Waals surface area contributed by atoms with Crippen molar-refractivity contribution in [2.45, 2.75) is 44.6 Å². The molecule has 1 aliphatic rings. The van der Waals surface area contributed by atoms with Crippen LogP contribution < -0.4 is 10.6 Å². The van der Waals surface area contributed by atoms with Crippen LogP contribution in [0.4, 0.5) is 14.5 Å². The highest BCUT2D eigenvalue weighted by Gasteiger charge is 2.14. The molecule has 0 radical (unpaired) electrons. The minimum absolute atomic E-state index is 0.000940. The van der Waals surface area contributed by atoms with Crippen LogP contribution in [0.5, 0.6) is 0 Å². The van der Waals surface area contributed by atoms with E-state index in [0.29, 0.717) is 0 Å². The lowest BCUT2D eigenvalue weighted by molar-refractivity contribution is -0.120. The standard InChI is InChI=1S/C15H20F2N2O/c16-11-7-8-14(13(17)9-11)18-10-15(20)19-12-5-3-1-2-4-6-12/h7-9,12,18H,1-6,10H2,(H,19,20). The Morgan fingerprint density at radius 2 is 1.85 bits per heavy atom. The Balaban J connectivity index is 1.79. The molecule has 0 aliphatic heterocycles. The molecule has 2 N–H and O–H groups in total. The number of rotatable bonds is 4. The van der Waals surface area contributed by atoms with Crippen LogP contribution in [0.2, 0.25) is 0 Å². The van der Waals surface area contributed by atoms with E-state index in [4.69, 9.17) is 0 Å². The van der Waals surface area contributed by atoms with Crippen LogP contribution in [0.3, 0.4) is 0 Å². The van der Waals surface area contributed by atoms with Crippen LogP contribution in [0.15, 0.2) is 18.2 Å². The summed E-state index contributed by atoms with van der Waals surface area (Å²) >= 11 is 0. The quantitative estimate of drug-likeness (QED) is 0.833. The van der Waals surface area contributed by atoms with Gasteiger partial charge in [-0.05, 0) is 25.0 Å². The Morgan fingerprint density at radius 3 is 2.50 bits per heavy atom. The van der Waals surface area contributed by atoms with Gasteiger partial charge in [0.25, 0.3) is 0 Å². The van der Waals surface area contributed by atoms with Gasteiger partial charge in [-0.15, -0.1) is 0 Å². The average Bonchev–Trinajstić information content (AvgIpc) is 2.66. The summed E-state index contributed by atoms with van der Waals surface area (Å²) < 4.78 is 26.1. The molecule has 0 heterocycles. The lowest BCUT2D eigenvalue weighted by atomic mass is 10.1. The van der Waals surface area contributed by atoms with Gasteiger partial charge in [-0.3, -0.25) is 4.79 Å². The Labute approximate surface area is 117 Å². The maximum absolute atomic E-state index is 13.4. The second-order valence-electron chi connectivity index (χ2n) is 5.23. The summed E-state index contributed by atoms with van der Waals surface area (Å²) in [6.45, 7) is -0.000940. The second kappa shape index (κ2) is 7.22. The average molecular weight is 282 g/mol. The van der Waals surface area contributed by atoms with Gasteiger partial charge in [-0.1, -0.05) is 25.7 Å². The summed E-state index contributed by atoms with van der Waals surface area (Å²) in [5, 5.41) is 5.65.